The first-order valence-electron chi connectivity index (χ1n) is 10.1. The summed E-state index contributed by atoms with van der Waals surface area (Å²) in [7, 11) is -3.65. The first-order valence-corrected chi connectivity index (χ1v) is 11.5. The molecule has 1 amide bonds. The Morgan fingerprint density at radius 1 is 1.07 bits per heavy atom. The lowest BCUT2D eigenvalue weighted by molar-refractivity contribution is -0.117. The van der Waals surface area contributed by atoms with E-state index in [1.54, 1.807) is 61.5 Å². The van der Waals surface area contributed by atoms with Crippen LogP contribution in [0.25, 0.3) is 0 Å². The number of carbonyl (C=O) groups excluding carboxylic acids is 2. The van der Waals surface area contributed by atoms with Gasteiger partial charge in [0, 0.05) is 24.7 Å². The molecule has 160 valence electrons. The van der Waals surface area contributed by atoms with E-state index in [2.05, 4.69) is 5.32 Å². The van der Waals surface area contributed by atoms with E-state index >= 15 is 0 Å². The van der Waals surface area contributed by atoms with Gasteiger partial charge in [0.25, 0.3) is 0 Å². The van der Waals surface area contributed by atoms with E-state index in [-0.39, 0.29) is 23.3 Å². The molecule has 1 fully saturated rings. The lowest BCUT2D eigenvalue weighted by Gasteiger charge is -2.34. The third-order valence-electron chi connectivity index (χ3n) is 5.02. The summed E-state index contributed by atoms with van der Waals surface area (Å²) in [5.74, 6) is -0.682. The summed E-state index contributed by atoms with van der Waals surface area (Å²) in [5.41, 5.74) is 0.948. The fourth-order valence-electron chi connectivity index (χ4n) is 3.55. The van der Waals surface area contributed by atoms with Crippen LogP contribution in [0.3, 0.4) is 0 Å². The molecule has 0 radical (unpaired) electrons. The molecule has 7 nitrogen and oxygen atoms in total. The van der Waals surface area contributed by atoms with E-state index in [1.165, 1.54) is 4.31 Å². The van der Waals surface area contributed by atoms with Crippen LogP contribution in [-0.4, -0.2) is 43.8 Å². The molecular formula is C22H26N2O5S. The van der Waals surface area contributed by atoms with Crippen LogP contribution >= 0.6 is 0 Å². The number of hydrogen-bond donors (Lipinski definition) is 1. The zero-order chi connectivity index (χ0) is 21.6. The molecule has 30 heavy (non-hydrogen) atoms. The highest BCUT2D eigenvalue weighted by atomic mass is 32.2. The average Bonchev–Trinajstić information content (AvgIpc) is 2.75. The quantitative estimate of drug-likeness (QED) is 0.680. The van der Waals surface area contributed by atoms with Gasteiger partial charge in [-0.25, -0.2) is 13.2 Å². The fraction of sp³-hybridized carbons (Fsp3) is 0.364. The van der Waals surface area contributed by atoms with Crippen molar-refractivity contribution in [2.45, 2.75) is 43.5 Å². The van der Waals surface area contributed by atoms with Crippen LogP contribution in [-0.2, 0) is 19.6 Å². The van der Waals surface area contributed by atoms with Crippen LogP contribution in [0, 0.1) is 0 Å². The molecule has 2 aromatic carbocycles. The van der Waals surface area contributed by atoms with Gasteiger partial charge in [-0.15, -0.1) is 0 Å². The number of nitrogens with one attached hydrogen (secondary N) is 1. The maximum atomic E-state index is 13.0. The molecule has 8 heteroatoms. The number of rotatable bonds is 7. The largest absolute Gasteiger partial charge is 0.462 e. The van der Waals surface area contributed by atoms with Crippen molar-refractivity contribution in [3.8, 4) is 0 Å². The normalized spacial score (nSPS) is 17.3. The minimum Gasteiger partial charge on any atom is -0.462 e. The van der Waals surface area contributed by atoms with Crippen LogP contribution in [0.4, 0.5) is 5.69 Å². The van der Waals surface area contributed by atoms with Gasteiger partial charge < -0.3 is 10.1 Å². The van der Waals surface area contributed by atoms with Gasteiger partial charge >= 0.3 is 5.97 Å². The lowest BCUT2D eigenvalue weighted by atomic mass is 10.0. The maximum Gasteiger partial charge on any atom is 0.338 e. The second-order valence-electron chi connectivity index (χ2n) is 7.13. The summed E-state index contributed by atoms with van der Waals surface area (Å²) in [6.45, 7) is 2.43. The summed E-state index contributed by atoms with van der Waals surface area (Å²) in [6.07, 6.45) is 2.37. The molecule has 0 aromatic heterocycles. The van der Waals surface area contributed by atoms with E-state index in [1.807, 2.05) is 0 Å². The van der Waals surface area contributed by atoms with E-state index in [0.717, 1.165) is 12.8 Å². The summed E-state index contributed by atoms with van der Waals surface area (Å²) >= 11 is 0. The molecule has 1 aliphatic rings. The Morgan fingerprint density at radius 2 is 1.77 bits per heavy atom. The van der Waals surface area contributed by atoms with Gasteiger partial charge in [0.1, 0.15) is 0 Å². The zero-order valence-electron chi connectivity index (χ0n) is 16.9. The third-order valence-corrected chi connectivity index (χ3v) is 6.99. The van der Waals surface area contributed by atoms with Crippen molar-refractivity contribution in [2.75, 3.05) is 18.5 Å². The smallest absolute Gasteiger partial charge is 0.338 e. The molecule has 1 atom stereocenters. The number of sulfonamides is 1. The standard InChI is InChI=1S/C22H26N2O5S/c1-2-29-22(26)17-11-13-18(14-12-17)23-21(25)16-19-8-6-7-15-24(19)30(27,28)20-9-4-3-5-10-20/h3-5,9-14,19H,2,6-8,15-16H2,1H3,(H,23,25)/t19-/m0/s1. The molecule has 1 N–H and O–H groups in total. The van der Waals surface area contributed by atoms with Crippen LogP contribution < -0.4 is 5.32 Å². The van der Waals surface area contributed by atoms with Crippen molar-refractivity contribution in [2.24, 2.45) is 0 Å². The van der Waals surface area contributed by atoms with E-state index < -0.39 is 16.0 Å². The van der Waals surface area contributed by atoms with Gasteiger partial charge in [-0.2, -0.15) is 4.31 Å². The topological polar surface area (TPSA) is 92.8 Å². The first kappa shape index (κ1) is 22.0. The Labute approximate surface area is 177 Å². The van der Waals surface area contributed by atoms with Crippen molar-refractivity contribution >= 4 is 27.6 Å². The van der Waals surface area contributed by atoms with Crippen molar-refractivity contribution < 1.29 is 22.7 Å². The molecular weight excluding hydrogens is 404 g/mol. The number of nitrogens with zero attached hydrogens (tertiary/aromatic N) is 1. The predicted molar refractivity (Wildman–Crippen MR) is 114 cm³/mol. The zero-order valence-corrected chi connectivity index (χ0v) is 17.7. The molecule has 1 saturated heterocycles. The molecule has 1 heterocycles. The number of carbonyl (C=O) groups is 2. The van der Waals surface area contributed by atoms with Gasteiger partial charge in [-0.3, -0.25) is 4.79 Å². The molecule has 0 spiro atoms. The number of ether oxygens (including phenoxy) is 1. The molecule has 2 aromatic rings. The van der Waals surface area contributed by atoms with Crippen LogP contribution in [0.1, 0.15) is 43.0 Å². The first-order chi connectivity index (χ1) is 14.4. The Kier molecular flexibility index (Phi) is 7.23. The van der Waals surface area contributed by atoms with Crippen molar-refractivity contribution in [3.05, 3.63) is 60.2 Å². The highest BCUT2D eigenvalue weighted by Gasteiger charge is 2.34. The van der Waals surface area contributed by atoms with E-state index in [9.17, 15) is 18.0 Å². The van der Waals surface area contributed by atoms with Crippen LogP contribution in [0.5, 0.6) is 0 Å². The molecule has 0 aliphatic carbocycles. The molecule has 0 bridgehead atoms. The Bertz CT molecular complexity index is 974. The van der Waals surface area contributed by atoms with Gasteiger partial charge in [0.15, 0.2) is 0 Å². The van der Waals surface area contributed by atoms with Crippen molar-refractivity contribution in [1.29, 1.82) is 0 Å². The van der Waals surface area contributed by atoms with Gasteiger partial charge in [-0.1, -0.05) is 24.6 Å². The summed E-state index contributed by atoms with van der Waals surface area (Å²) < 4.78 is 32.5. The fourth-order valence-corrected chi connectivity index (χ4v) is 5.27. The van der Waals surface area contributed by atoms with Gasteiger partial charge in [-0.05, 0) is 56.2 Å². The Morgan fingerprint density at radius 3 is 2.43 bits per heavy atom. The lowest BCUT2D eigenvalue weighted by Crippen LogP contribution is -2.45. The third kappa shape index (κ3) is 5.25. The second-order valence-corrected chi connectivity index (χ2v) is 9.02. The average molecular weight is 431 g/mol. The highest BCUT2D eigenvalue weighted by Crippen LogP contribution is 2.27. The number of anilines is 1. The Balaban J connectivity index is 1.66. The summed E-state index contributed by atoms with van der Waals surface area (Å²) in [4.78, 5) is 24.5. The minimum atomic E-state index is -3.65. The number of hydrogen-bond acceptors (Lipinski definition) is 5. The number of esters is 1. The maximum absolute atomic E-state index is 13.0. The molecule has 0 unspecified atom stereocenters. The molecule has 1 aliphatic heterocycles. The van der Waals surface area contributed by atoms with Crippen molar-refractivity contribution in [3.63, 3.8) is 0 Å². The van der Waals surface area contributed by atoms with Gasteiger partial charge in [0.2, 0.25) is 15.9 Å². The van der Waals surface area contributed by atoms with Gasteiger partial charge in [0.05, 0.1) is 17.1 Å². The Hall–Kier alpha value is -2.71. The summed E-state index contributed by atoms with van der Waals surface area (Å²) in [5, 5.41) is 2.79. The van der Waals surface area contributed by atoms with Crippen molar-refractivity contribution in [1.82, 2.24) is 4.31 Å². The highest BCUT2D eigenvalue weighted by molar-refractivity contribution is 7.89. The number of amides is 1. The number of piperidine rings is 1. The van der Waals surface area contributed by atoms with Crippen LogP contribution in [0.15, 0.2) is 59.5 Å². The number of benzene rings is 2. The minimum absolute atomic E-state index is 0.0751. The van der Waals surface area contributed by atoms with Crippen LogP contribution in [0.2, 0.25) is 0 Å². The summed E-state index contributed by atoms with van der Waals surface area (Å²) in [6, 6.07) is 14.3. The monoisotopic (exact) mass is 430 g/mol. The van der Waals surface area contributed by atoms with E-state index in [4.69, 9.17) is 4.74 Å². The molecule has 3 rings (SSSR count). The van der Waals surface area contributed by atoms with E-state index in [0.29, 0.717) is 30.8 Å². The second kappa shape index (κ2) is 9.86. The predicted octanol–water partition coefficient (Wildman–Crippen LogP) is 3.44. The molecule has 0 saturated carbocycles. The SMILES string of the molecule is CCOC(=O)c1ccc(NC(=O)C[C@@H]2CCCCN2S(=O)(=O)c2ccccc2)cc1.